The predicted molar refractivity (Wildman–Crippen MR) is 77.0 cm³/mol. The van der Waals surface area contributed by atoms with Crippen molar-refractivity contribution in [2.75, 3.05) is 0 Å². The van der Waals surface area contributed by atoms with Crippen LogP contribution in [0.2, 0.25) is 0 Å². The van der Waals surface area contributed by atoms with Crippen LogP contribution in [0.3, 0.4) is 0 Å². The molecule has 0 aliphatic heterocycles. The zero-order valence-electron chi connectivity index (χ0n) is 11.0. The maximum atomic E-state index is 5.67. The summed E-state index contributed by atoms with van der Waals surface area (Å²) in [6.07, 6.45) is 1.61. The van der Waals surface area contributed by atoms with Gasteiger partial charge in [-0.25, -0.2) is 0 Å². The lowest BCUT2D eigenvalue weighted by molar-refractivity contribution is 0.249. The van der Waals surface area contributed by atoms with Gasteiger partial charge in [-0.1, -0.05) is 34.9 Å². The standard InChI is InChI=1S/C14H17BrN2O2/c1-10(2)16-8-11-7-12(3-4-14(11)15)18-9-13-5-6-17-19-13/h3-7,10,16H,8-9H2,1-2H3. The van der Waals surface area contributed by atoms with Crippen LogP contribution in [-0.4, -0.2) is 11.2 Å². The second kappa shape index (κ2) is 6.73. The molecule has 1 aromatic heterocycles. The van der Waals surface area contributed by atoms with Crippen LogP contribution in [0.1, 0.15) is 25.2 Å². The van der Waals surface area contributed by atoms with E-state index in [1.165, 1.54) is 5.56 Å². The number of nitrogens with zero attached hydrogens (tertiary/aromatic N) is 1. The van der Waals surface area contributed by atoms with Gasteiger partial charge in [0.2, 0.25) is 0 Å². The molecule has 0 spiro atoms. The first-order chi connectivity index (χ1) is 9.15. The number of halogens is 1. The van der Waals surface area contributed by atoms with Crippen LogP contribution in [-0.2, 0) is 13.2 Å². The lowest BCUT2D eigenvalue weighted by Gasteiger charge is -2.11. The van der Waals surface area contributed by atoms with E-state index in [9.17, 15) is 0 Å². The fraction of sp³-hybridized carbons (Fsp3) is 0.357. The topological polar surface area (TPSA) is 47.3 Å². The monoisotopic (exact) mass is 324 g/mol. The Balaban J connectivity index is 1.99. The third-order valence-corrected chi connectivity index (χ3v) is 3.36. The molecule has 0 saturated carbocycles. The number of aromatic nitrogens is 1. The molecule has 4 nitrogen and oxygen atoms in total. The van der Waals surface area contributed by atoms with Gasteiger partial charge >= 0.3 is 0 Å². The van der Waals surface area contributed by atoms with Crippen molar-refractivity contribution in [3.8, 4) is 5.75 Å². The second-order valence-corrected chi connectivity index (χ2v) is 5.41. The SMILES string of the molecule is CC(C)NCc1cc(OCc2ccno2)ccc1Br. The Bertz CT molecular complexity index is 512. The van der Waals surface area contributed by atoms with Gasteiger partial charge in [0.25, 0.3) is 0 Å². The normalized spacial score (nSPS) is 10.9. The molecule has 0 radical (unpaired) electrons. The average molecular weight is 325 g/mol. The molecule has 0 atom stereocenters. The quantitative estimate of drug-likeness (QED) is 0.883. The Hall–Kier alpha value is -1.33. The third kappa shape index (κ3) is 4.36. The minimum Gasteiger partial charge on any atom is -0.486 e. The summed E-state index contributed by atoms with van der Waals surface area (Å²) >= 11 is 3.55. The van der Waals surface area contributed by atoms with E-state index in [0.29, 0.717) is 18.4 Å². The molecule has 1 aromatic carbocycles. The molecular weight excluding hydrogens is 308 g/mol. The molecule has 0 amide bonds. The molecule has 2 rings (SSSR count). The van der Waals surface area contributed by atoms with Crippen LogP contribution < -0.4 is 10.1 Å². The first-order valence-corrected chi connectivity index (χ1v) is 6.98. The Labute approximate surface area is 121 Å². The fourth-order valence-electron chi connectivity index (χ4n) is 1.56. The van der Waals surface area contributed by atoms with Crippen molar-refractivity contribution < 1.29 is 9.26 Å². The number of hydrogen-bond donors (Lipinski definition) is 1. The van der Waals surface area contributed by atoms with Crippen molar-refractivity contribution in [3.63, 3.8) is 0 Å². The summed E-state index contributed by atoms with van der Waals surface area (Å²) in [4.78, 5) is 0. The molecule has 102 valence electrons. The van der Waals surface area contributed by atoms with Crippen molar-refractivity contribution in [2.24, 2.45) is 0 Å². The van der Waals surface area contributed by atoms with Crippen molar-refractivity contribution in [3.05, 3.63) is 46.3 Å². The van der Waals surface area contributed by atoms with E-state index in [-0.39, 0.29) is 0 Å². The van der Waals surface area contributed by atoms with Gasteiger partial charge in [-0.3, -0.25) is 0 Å². The summed E-state index contributed by atoms with van der Waals surface area (Å²) in [6, 6.07) is 8.19. The third-order valence-electron chi connectivity index (χ3n) is 2.59. The van der Waals surface area contributed by atoms with Gasteiger partial charge in [-0.2, -0.15) is 0 Å². The van der Waals surface area contributed by atoms with E-state index in [0.717, 1.165) is 16.8 Å². The highest BCUT2D eigenvalue weighted by Gasteiger charge is 2.05. The van der Waals surface area contributed by atoms with E-state index < -0.39 is 0 Å². The van der Waals surface area contributed by atoms with Gasteiger partial charge in [-0.05, 0) is 23.8 Å². The maximum absolute atomic E-state index is 5.67. The van der Waals surface area contributed by atoms with Crippen LogP contribution in [0.15, 0.2) is 39.5 Å². The van der Waals surface area contributed by atoms with Gasteiger partial charge in [0.15, 0.2) is 5.76 Å². The van der Waals surface area contributed by atoms with Crippen molar-refractivity contribution in [1.82, 2.24) is 10.5 Å². The smallest absolute Gasteiger partial charge is 0.174 e. The predicted octanol–water partition coefficient (Wildman–Crippen LogP) is 3.51. The first-order valence-electron chi connectivity index (χ1n) is 6.19. The second-order valence-electron chi connectivity index (χ2n) is 4.56. The summed E-state index contributed by atoms with van der Waals surface area (Å²) in [6.45, 7) is 5.44. The molecule has 1 heterocycles. The lowest BCUT2D eigenvalue weighted by atomic mass is 10.2. The van der Waals surface area contributed by atoms with Gasteiger partial charge in [0.05, 0.1) is 6.20 Å². The molecule has 19 heavy (non-hydrogen) atoms. The summed E-state index contributed by atoms with van der Waals surface area (Å²) in [5.41, 5.74) is 1.17. The number of rotatable bonds is 6. The molecule has 0 saturated heterocycles. The van der Waals surface area contributed by atoms with Gasteiger partial charge in [0, 0.05) is 23.1 Å². The van der Waals surface area contributed by atoms with Crippen molar-refractivity contribution in [2.45, 2.75) is 33.0 Å². The first kappa shape index (κ1) is 14.1. The molecule has 0 aliphatic rings. The summed E-state index contributed by atoms with van der Waals surface area (Å²) < 4.78 is 11.7. The largest absolute Gasteiger partial charge is 0.486 e. The van der Waals surface area contributed by atoms with Gasteiger partial charge in [0.1, 0.15) is 12.4 Å². The van der Waals surface area contributed by atoms with Crippen molar-refractivity contribution >= 4 is 15.9 Å². The average Bonchev–Trinajstić information content (AvgIpc) is 2.89. The Kier molecular flexibility index (Phi) is 4.99. The van der Waals surface area contributed by atoms with Gasteiger partial charge < -0.3 is 14.6 Å². The Morgan fingerprint density at radius 1 is 1.37 bits per heavy atom. The molecule has 0 unspecified atom stereocenters. The fourth-order valence-corrected chi connectivity index (χ4v) is 1.95. The van der Waals surface area contributed by atoms with Crippen LogP contribution >= 0.6 is 15.9 Å². The van der Waals surface area contributed by atoms with Crippen LogP contribution in [0.5, 0.6) is 5.75 Å². The van der Waals surface area contributed by atoms with Gasteiger partial charge in [-0.15, -0.1) is 0 Å². The Morgan fingerprint density at radius 3 is 2.89 bits per heavy atom. The minimum atomic E-state index is 0.388. The molecule has 5 heteroatoms. The summed E-state index contributed by atoms with van der Waals surface area (Å²) in [5.74, 6) is 1.53. The van der Waals surface area contributed by atoms with E-state index >= 15 is 0 Å². The van der Waals surface area contributed by atoms with Crippen LogP contribution in [0, 0.1) is 0 Å². The van der Waals surface area contributed by atoms with Crippen LogP contribution in [0.4, 0.5) is 0 Å². The van der Waals surface area contributed by atoms with Crippen molar-refractivity contribution in [1.29, 1.82) is 0 Å². The highest BCUT2D eigenvalue weighted by molar-refractivity contribution is 9.10. The van der Waals surface area contributed by atoms with E-state index in [1.54, 1.807) is 12.3 Å². The zero-order chi connectivity index (χ0) is 13.7. The van der Waals surface area contributed by atoms with E-state index in [1.807, 2.05) is 18.2 Å². The minimum absolute atomic E-state index is 0.388. The number of benzene rings is 1. The maximum Gasteiger partial charge on any atom is 0.174 e. The molecule has 0 aliphatic carbocycles. The molecule has 0 bridgehead atoms. The molecular formula is C14H17BrN2O2. The number of nitrogens with one attached hydrogen (secondary N) is 1. The number of hydrogen-bond acceptors (Lipinski definition) is 4. The highest BCUT2D eigenvalue weighted by Crippen LogP contribution is 2.23. The molecule has 2 aromatic rings. The van der Waals surface area contributed by atoms with E-state index in [2.05, 4.69) is 40.3 Å². The highest BCUT2D eigenvalue weighted by atomic mass is 79.9. The summed E-state index contributed by atoms with van der Waals surface area (Å²) in [7, 11) is 0. The van der Waals surface area contributed by atoms with E-state index in [4.69, 9.17) is 9.26 Å². The summed E-state index contributed by atoms with van der Waals surface area (Å²) in [5, 5.41) is 7.03. The number of ether oxygens (including phenoxy) is 1. The Morgan fingerprint density at radius 2 is 2.21 bits per heavy atom. The van der Waals surface area contributed by atoms with Crippen LogP contribution in [0.25, 0.3) is 0 Å². The lowest BCUT2D eigenvalue weighted by Crippen LogP contribution is -2.22. The zero-order valence-corrected chi connectivity index (χ0v) is 12.6. The molecule has 0 fully saturated rings. The molecule has 1 N–H and O–H groups in total.